The number of rotatable bonds is 6. The zero-order valence-electron chi connectivity index (χ0n) is 13.4. The molecule has 0 N–H and O–H groups in total. The van der Waals surface area contributed by atoms with Crippen LogP contribution in [0.25, 0.3) is 5.78 Å². The van der Waals surface area contributed by atoms with Crippen LogP contribution in [-0.4, -0.2) is 65.3 Å². The molecule has 3 heterocycles. The van der Waals surface area contributed by atoms with Gasteiger partial charge in [-0.2, -0.15) is 14.6 Å². The van der Waals surface area contributed by atoms with Crippen LogP contribution in [-0.2, 0) is 6.54 Å². The van der Waals surface area contributed by atoms with Crippen LogP contribution >= 0.6 is 24.2 Å². The Bertz CT molecular complexity index is 826. The minimum Gasteiger partial charge on any atom is -0.308 e. The Morgan fingerprint density at radius 1 is 1.33 bits per heavy atom. The zero-order chi connectivity index (χ0) is 15.8. The lowest BCUT2D eigenvalue weighted by Gasteiger charge is -2.10. The molecule has 3 aromatic rings. The first kappa shape index (κ1) is 17.1. The summed E-state index contributed by atoms with van der Waals surface area (Å²) >= 11 is 1.49. The highest BCUT2D eigenvalue weighted by atomic mass is 35.5. The normalized spacial score (nSPS) is 14.3. The molecule has 0 radical (unpaired) electrons. The number of likely N-dealkylation sites (N-methyl/N-ethyl adjacent to an activating group) is 1. The van der Waals surface area contributed by atoms with E-state index in [0.29, 0.717) is 11.7 Å². The number of fused-ring (bicyclic) bond motifs is 1. The van der Waals surface area contributed by atoms with Crippen molar-refractivity contribution in [3.8, 4) is 0 Å². The molecule has 0 aliphatic heterocycles. The van der Waals surface area contributed by atoms with Crippen molar-refractivity contribution in [1.82, 2.24) is 44.7 Å². The van der Waals surface area contributed by atoms with E-state index in [9.17, 15) is 0 Å². The van der Waals surface area contributed by atoms with Gasteiger partial charge in [0, 0.05) is 12.5 Å². The van der Waals surface area contributed by atoms with Gasteiger partial charge in [-0.25, -0.2) is 9.67 Å². The highest BCUT2D eigenvalue weighted by Gasteiger charge is 2.27. The largest absolute Gasteiger partial charge is 0.308 e. The van der Waals surface area contributed by atoms with E-state index < -0.39 is 0 Å². The summed E-state index contributed by atoms with van der Waals surface area (Å²) < 4.78 is 3.55. The van der Waals surface area contributed by atoms with Crippen LogP contribution in [0.15, 0.2) is 22.6 Å². The third-order valence-electron chi connectivity index (χ3n) is 3.69. The van der Waals surface area contributed by atoms with E-state index >= 15 is 0 Å². The second-order valence-electron chi connectivity index (χ2n) is 5.86. The fourth-order valence-corrected chi connectivity index (χ4v) is 3.15. The molecule has 11 heteroatoms. The molecule has 0 bridgehead atoms. The lowest BCUT2D eigenvalue weighted by molar-refractivity contribution is 0.361. The molecular formula is C13H18ClN9S. The van der Waals surface area contributed by atoms with Crippen LogP contribution in [0.5, 0.6) is 0 Å². The second-order valence-corrected chi connectivity index (χ2v) is 6.84. The van der Waals surface area contributed by atoms with Gasteiger partial charge in [-0.1, -0.05) is 0 Å². The zero-order valence-corrected chi connectivity index (χ0v) is 15.0. The first-order chi connectivity index (χ1) is 11.2. The van der Waals surface area contributed by atoms with Crippen LogP contribution in [0, 0.1) is 0 Å². The molecule has 1 aliphatic rings. The summed E-state index contributed by atoms with van der Waals surface area (Å²) in [7, 11) is 4.06. The van der Waals surface area contributed by atoms with E-state index in [1.807, 2.05) is 18.8 Å². The third kappa shape index (κ3) is 3.50. The molecule has 0 atom stereocenters. The van der Waals surface area contributed by atoms with Gasteiger partial charge in [0.1, 0.15) is 11.4 Å². The molecule has 0 aromatic carbocycles. The molecule has 0 saturated heterocycles. The average molecular weight is 368 g/mol. The van der Waals surface area contributed by atoms with Crippen LogP contribution in [0.4, 0.5) is 0 Å². The molecule has 4 rings (SSSR count). The van der Waals surface area contributed by atoms with E-state index in [0.717, 1.165) is 29.0 Å². The van der Waals surface area contributed by atoms with E-state index in [4.69, 9.17) is 0 Å². The van der Waals surface area contributed by atoms with Crippen LogP contribution in [0.1, 0.15) is 24.5 Å². The van der Waals surface area contributed by atoms with E-state index in [-0.39, 0.29) is 12.4 Å². The van der Waals surface area contributed by atoms with Crippen molar-refractivity contribution in [2.75, 3.05) is 20.6 Å². The van der Waals surface area contributed by atoms with Crippen molar-refractivity contribution >= 4 is 29.9 Å². The Morgan fingerprint density at radius 2 is 2.17 bits per heavy atom. The van der Waals surface area contributed by atoms with Crippen molar-refractivity contribution in [3.63, 3.8) is 0 Å². The Labute approximate surface area is 149 Å². The molecule has 24 heavy (non-hydrogen) atoms. The lowest BCUT2D eigenvalue weighted by atomic mass is 10.3. The second kappa shape index (κ2) is 6.99. The maximum absolute atomic E-state index is 4.58. The fraction of sp³-hybridized carbons (Fsp3) is 0.538. The van der Waals surface area contributed by atoms with Gasteiger partial charge in [-0.05, 0) is 55.2 Å². The molecule has 1 aliphatic carbocycles. The number of tetrazole rings is 1. The van der Waals surface area contributed by atoms with Gasteiger partial charge in [-0.15, -0.1) is 17.5 Å². The molecule has 3 aromatic heterocycles. The lowest BCUT2D eigenvalue weighted by Crippen LogP contribution is -2.19. The first-order valence-electron chi connectivity index (χ1n) is 7.50. The molecule has 1 saturated carbocycles. The van der Waals surface area contributed by atoms with Gasteiger partial charge in [0.05, 0.1) is 12.2 Å². The minimum atomic E-state index is 0. The smallest absolute Gasteiger partial charge is 0.253 e. The highest BCUT2D eigenvalue weighted by Crippen LogP contribution is 2.40. The van der Waals surface area contributed by atoms with Crippen molar-refractivity contribution < 1.29 is 0 Å². The number of hydrogen-bond donors (Lipinski definition) is 0. The molecule has 0 spiro atoms. The summed E-state index contributed by atoms with van der Waals surface area (Å²) in [6, 6.07) is 2.08. The summed E-state index contributed by atoms with van der Waals surface area (Å²) in [6.45, 7) is 1.62. The number of nitrogens with zero attached hydrogens (tertiary/aromatic N) is 9. The summed E-state index contributed by atoms with van der Waals surface area (Å²) in [4.78, 5) is 10.9. The predicted octanol–water partition coefficient (Wildman–Crippen LogP) is 1.12. The summed E-state index contributed by atoms with van der Waals surface area (Å²) in [5, 5.41) is 17.9. The molecular weight excluding hydrogens is 350 g/mol. The Hall–Kier alpha value is -1.78. The predicted molar refractivity (Wildman–Crippen MR) is 90.5 cm³/mol. The van der Waals surface area contributed by atoms with Crippen LogP contribution < -0.4 is 0 Å². The molecule has 128 valence electrons. The Morgan fingerprint density at radius 3 is 2.92 bits per heavy atom. The topological polar surface area (TPSA) is 89.9 Å². The standard InChI is InChI=1S/C13H17N9S.ClH/c1-20(2)5-6-21-13(17-18-19-21)23-11-7-10(9-3-4-9)16-12-14-8-15-22(11)12;/h7-9H,3-6H2,1-2H3;1H. The van der Waals surface area contributed by atoms with Crippen molar-refractivity contribution in [2.45, 2.75) is 35.5 Å². The third-order valence-corrected chi connectivity index (χ3v) is 4.66. The maximum Gasteiger partial charge on any atom is 0.253 e. The molecule has 1 fully saturated rings. The highest BCUT2D eigenvalue weighted by molar-refractivity contribution is 7.99. The molecule has 9 nitrogen and oxygen atoms in total. The van der Waals surface area contributed by atoms with Gasteiger partial charge in [0.25, 0.3) is 5.78 Å². The van der Waals surface area contributed by atoms with E-state index in [1.165, 1.54) is 30.9 Å². The quantitative estimate of drug-likeness (QED) is 0.599. The number of aromatic nitrogens is 8. The Kier molecular flexibility index (Phi) is 4.97. The van der Waals surface area contributed by atoms with Crippen LogP contribution in [0.2, 0.25) is 0 Å². The van der Waals surface area contributed by atoms with Crippen molar-refractivity contribution in [1.29, 1.82) is 0 Å². The summed E-state index contributed by atoms with van der Waals surface area (Å²) in [5.74, 6) is 1.19. The van der Waals surface area contributed by atoms with Crippen molar-refractivity contribution in [2.24, 2.45) is 0 Å². The first-order valence-corrected chi connectivity index (χ1v) is 8.32. The van der Waals surface area contributed by atoms with Gasteiger partial charge in [0.2, 0.25) is 5.16 Å². The van der Waals surface area contributed by atoms with Crippen molar-refractivity contribution in [3.05, 3.63) is 18.1 Å². The van der Waals surface area contributed by atoms with E-state index in [2.05, 4.69) is 41.6 Å². The maximum atomic E-state index is 4.58. The summed E-state index contributed by atoms with van der Waals surface area (Å²) in [5.41, 5.74) is 1.08. The van der Waals surface area contributed by atoms with Crippen LogP contribution in [0.3, 0.4) is 0 Å². The molecule has 0 unspecified atom stereocenters. The van der Waals surface area contributed by atoms with Gasteiger partial charge in [0.15, 0.2) is 0 Å². The fourth-order valence-electron chi connectivity index (χ4n) is 2.26. The monoisotopic (exact) mass is 367 g/mol. The van der Waals surface area contributed by atoms with Gasteiger partial charge in [-0.3, -0.25) is 0 Å². The van der Waals surface area contributed by atoms with Gasteiger partial charge >= 0.3 is 0 Å². The van der Waals surface area contributed by atoms with E-state index in [1.54, 1.807) is 4.52 Å². The van der Waals surface area contributed by atoms with Gasteiger partial charge < -0.3 is 4.90 Å². The number of hydrogen-bond acceptors (Lipinski definition) is 8. The molecule has 0 amide bonds. The summed E-state index contributed by atoms with van der Waals surface area (Å²) in [6.07, 6.45) is 3.92. The Balaban J connectivity index is 0.00000169. The minimum absolute atomic E-state index is 0. The SMILES string of the molecule is CN(C)CCn1nnnc1Sc1cc(C2CC2)nc2ncnn12.Cl. The average Bonchev–Trinajstić information content (AvgIpc) is 3.10. The number of halogens is 1.